The Kier molecular flexibility index (Phi) is 10.4. The summed E-state index contributed by atoms with van der Waals surface area (Å²) in [6, 6.07) is 4.97. The van der Waals surface area contributed by atoms with E-state index in [0.717, 1.165) is 11.8 Å². The van der Waals surface area contributed by atoms with Gasteiger partial charge in [0.25, 0.3) is 0 Å². The third-order valence-electron chi connectivity index (χ3n) is 4.00. The fourth-order valence-electron chi connectivity index (χ4n) is 2.71. The summed E-state index contributed by atoms with van der Waals surface area (Å²) in [7, 11) is 0. The second-order valence-corrected chi connectivity index (χ2v) is 7.28. The van der Waals surface area contributed by atoms with Crippen molar-refractivity contribution in [3.63, 3.8) is 0 Å². The predicted molar refractivity (Wildman–Crippen MR) is 112 cm³/mol. The number of rotatable bonds is 8. The summed E-state index contributed by atoms with van der Waals surface area (Å²) >= 11 is 1.10. The molecule has 0 amide bonds. The fourth-order valence-corrected chi connectivity index (χ4v) is 3.92. The Morgan fingerprint density at radius 2 is 1.58 bits per heavy atom. The third kappa shape index (κ3) is 7.60. The van der Waals surface area contributed by atoms with Gasteiger partial charge in [-0.3, -0.25) is 0 Å². The van der Waals surface area contributed by atoms with Gasteiger partial charge in [0.05, 0.1) is 19.8 Å². The molecule has 12 nitrogen and oxygen atoms in total. The molecule has 1 saturated heterocycles. The van der Waals surface area contributed by atoms with Crippen molar-refractivity contribution in [3.8, 4) is 11.8 Å². The van der Waals surface area contributed by atoms with Crippen LogP contribution in [0.25, 0.3) is 0 Å². The number of aromatic nitrogens is 1. The fraction of sp³-hybridized carbons (Fsp3) is 0.550. The molecule has 1 aliphatic heterocycles. The van der Waals surface area contributed by atoms with Gasteiger partial charge >= 0.3 is 18.5 Å². The molecule has 0 saturated carbocycles. The van der Waals surface area contributed by atoms with Crippen molar-refractivity contribution in [1.82, 2.24) is 4.98 Å². The van der Waals surface area contributed by atoms with Gasteiger partial charge in [-0.1, -0.05) is 0 Å². The highest BCUT2D eigenvalue weighted by molar-refractivity contribution is 7.99. The predicted octanol–water partition coefficient (Wildman–Crippen LogP) is 3.03. The van der Waals surface area contributed by atoms with Crippen LogP contribution in [-0.2, 0) is 28.4 Å². The van der Waals surface area contributed by atoms with E-state index in [2.05, 4.69) is 4.98 Å². The number of nitrogens with zero attached hydrogens (tertiary/aromatic N) is 2. The average Bonchev–Trinajstić information content (AvgIpc) is 2.78. The van der Waals surface area contributed by atoms with Gasteiger partial charge in [-0.15, -0.1) is 11.8 Å². The van der Waals surface area contributed by atoms with Crippen LogP contribution in [0.2, 0.25) is 0 Å². The molecular formula is C20H24N2O10S. The summed E-state index contributed by atoms with van der Waals surface area (Å²) < 4.78 is 36.4. The monoisotopic (exact) mass is 484 g/mol. The topological polar surface area (TPSA) is 152 Å². The normalized spacial score (nSPS) is 21.6. The quantitative estimate of drug-likeness (QED) is 0.393. The zero-order chi connectivity index (χ0) is 24.2. The minimum atomic E-state index is -1.33. The van der Waals surface area contributed by atoms with Crippen molar-refractivity contribution in [2.24, 2.45) is 0 Å². The van der Waals surface area contributed by atoms with E-state index in [9.17, 15) is 19.6 Å². The Bertz CT molecular complexity index is 861. The second-order valence-electron chi connectivity index (χ2n) is 6.15. The minimum Gasteiger partial charge on any atom is -0.473 e. The number of ether oxygens (including phenoxy) is 7. The molecule has 33 heavy (non-hydrogen) atoms. The number of thioether (sulfide) groups is 1. The number of hydrogen-bond acceptors (Lipinski definition) is 13. The van der Waals surface area contributed by atoms with Gasteiger partial charge in [0, 0.05) is 11.9 Å². The molecule has 0 N–H and O–H groups in total. The lowest BCUT2D eigenvalue weighted by Crippen LogP contribution is -2.56. The number of carbonyl (C=O) groups excluding carboxylic acids is 3. The van der Waals surface area contributed by atoms with Crippen molar-refractivity contribution in [2.75, 3.05) is 25.6 Å². The third-order valence-corrected chi connectivity index (χ3v) is 5.22. The Hall–Kier alpha value is -3.40. The lowest BCUT2D eigenvalue weighted by Gasteiger charge is -2.39. The Balaban J connectivity index is 2.36. The second kappa shape index (κ2) is 13.2. The summed E-state index contributed by atoms with van der Waals surface area (Å²) in [5.41, 5.74) is -0.979. The molecule has 1 fully saturated rings. The maximum absolute atomic E-state index is 12.1. The van der Waals surface area contributed by atoms with Crippen LogP contribution in [0.5, 0.6) is 5.75 Å². The lowest BCUT2D eigenvalue weighted by molar-refractivity contribution is -0.120. The highest BCUT2D eigenvalue weighted by Gasteiger charge is 2.49. The van der Waals surface area contributed by atoms with Crippen LogP contribution >= 0.6 is 11.8 Å². The molecule has 2 rings (SSSR count). The van der Waals surface area contributed by atoms with E-state index in [1.54, 1.807) is 26.8 Å². The zero-order valence-electron chi connectivity index (χ0n) is 18.3. The van der Waals surface area contributed by atoms with Crippen LogP contribution in [0, 0.1) is 11.3 Å². The molecule has 0 aliphatic carbocycles. The van der Waals surface area contributed by atoms with Gasteiger partial charge in [-0.05, 0) is 32.9 Å². The van der Waals surface area contributed by atoms with E-state index in [1.807, 2.05) is 6.07 Å². The van der Waals surface area contributed by atoms with Crippen molar-refractivity contribution >= 4 is 30.2 Å². The molecule has 0 radical (unpaired) electrons. The van der Waals surface area contributed by atoms with Crippen LogP contribution in [0.1, 0.15) is 26.5 Å². The van der Waals surface area contributed by atoms with Gasteiger partial charge in [-0.25, -0.2) is 19.4 Å². The number of pyridine rings is 1. The van der Waals surface area contributed by atoms with Gasteiger partial charge < -0.3 is 33.2 Å². The largest absolute Gasteiger partial charge is 0.508 e. The molecule has 1 aromatic heterocycles. The molecule has 1 aliphatic rings. The molecule has 0 spiro atoms. The number of nitriles is 1. The van der Waals surface area contributed by atoms with Crippen molar-refractivity contribution in [1.29, 1.82) is 5.26 Å². The standard InChI is InChI=1S/C20H24N2O10S/c1-4-26-18(23)30-14-11-33-17(29-13-8-7-9-22-12(13)10-21)16(32-20(25)28-6-3)15(14)31-19(24)27-5-2/h7-9,14-17H,4-6,11H2,1-3H3/t14-,15+,16-,17+/m1/s1. The Morgan fingerprint density at radius 3 is 2.15 bits per heavy atom. The first-order valence-electron chi connectivity index (χ1n) is 10.1. The highest BCUT2D eigenvalue weighted by Crippen LogP contribution is 2.35. The van der Waals surface area contributed by atoms with Crippen molar-refractivity contribution in [3.05, 3.63) is 24.0 Å². The van der Waals surface area contributed by atoms with E-state index in [4.69, 9.17) is 33.2 Å². The molecule has 0 unspecified atom stereocenters. The minimum absolute atomic E-state index is 0.000688. The van der Waals surface area contributed by atoms with Crippen LogP contribution in [0.4, 0.5) is 14.4 Å². The van der Waals surface area contributed by atoms with E-state index in [1.165, 1.54) is 12.3 Å². The van der Waals surface area contributed by atoms with Crippen molar-refractivity contribution < 1.29 is 47.5 Å². The van der Waals surface area contributed by atoms with Gasteiger partial charge in [0.15, 0.2) is 35.2 Å². The van der Waals surface area contributed by atoms with Crippen LogP contribution in [-0.4, -0.2) is 72.8 Å². The molecule has 2 heterocycles. The molecule has 0 aromatic carbocycles. The summed E-state index contributed by atoms with van der Waals surface area (Å²) in [5.74, 6) is 0.202. The van der Waals surface area contributed by atoms with Gasteiger partial charge in [0.1, 0.15) is 6.07 Å². The summed E-state index contributed by atoms with van der Waals surface area (Å²) in [5, 5.41) is 9.29. The van der Waals surface area contributed by atoms with E-state index < -0.39 is 42.2 Å². The molecule has 13 heteroatoms. The maximum Gasteiger partial charge on any atom is 0.508 e. The van der Waals surface area contributed by atoms with Crippen LogP contribution in [0.15, 0.2) is 18.3 Å². The summed E-state index contributed by atoms with van der Waals surface area (Å²) in [4.78, 5) is 40.1. The molecule has 0 bridgehead atoms. The summed E-state index contributed by atoms with van der Waals surface area (Å²) in [6.45, 7) is 4.87. The van der Waals surface area contributed by atoms with Gasteiger partial charge in [-0.2, -0.15) is 5.26 Å². The lowest BCUT2D eigenvalue weighted by atomic mass is 10.1. The molecular weight excluding hydrogens is 460 g/mol. The molecule has 1 aromatic rings. The average molecular weight is 484 g/mol. The maximum atomic E-state index is 12.1. The van der Waals surface area contributed by atoms with E-state index >= 15 is 0 Å². The number of carbonyl (C=O) groups is 3. The van der Waals surface area contributed by atoms with E-state index in [-0.39, 0.29) is 37.0 Å². The van der Waals surface area contributed by atoms with Crippen LogP contribution in [0.3, 0.4) is 0 Å². The smallest absolute Gasteiger partial charge is 0.473 e. The SMILES string of the molecule is CCOC(=O)O[C@@H]1[C@@H](OC(=O)OCC)[C@@H](Oc2cccnc2C#N)SC[C@H]1OC(=O)OCC. The molecule has 4 atom stereocenters. The van der Waals surface area contributed by atoms with Crippen molar-refractivity contribution in [2.45, 2.75) is 44.5 Å². The molecule has 180 valence electrons. The highest BCUT2D eigenvalue weighted by atomic mass is 32.2. The Labute approximate surface area is 194 Å². The summed E-state index contributed by atoms with van der Waals surface area (Å²) in [6.07, 6.45) is -5.40. The zero-order valence-corrected chi connectivity index (χ0v) is 19.1. The first-order chi connectivity index (χ1) is 15.9. The number of hydrogen-bond donors (Lipinski definition) is 0. The first kappa shape index (κ1) is 25.9. The van der Waals surface area contributed by atoms with E-state index in [0.29, 0.717) is 0 Å². The van der Waals surface area contributed by atoms with Crippen LogP contribution < -0.4 is 4.74 Å². The Morgan fingerprint density at radius 1 is 1.00 bits per heavy atom. The van der Waals surface area contributed by atoms with Gasteiger partial charge in [0.2, 0.25) is 0 Å². The first-order valence-corrected chi connectivity index (χ1v) is 11.1.